The molecule has 1 atom stereocenters. The number of alkyl carbamates (subject to hydrolysis) is 1. The van der Waals surface area contributed by atoms with E-state index in [1.165, 1.54) is 0 Å². The predicted octanol–water partition coefficient (Wildman–Crippen LogP) is 0.990. The second-order valence-corrected chi connectivity index (χ2v) is 5.82. The number of nitrogens with one attached hydrogen (secondary N) is 3. The average molecular weight is 324 g/mol. The van der Waals surface area contributed by atoms with Gasteiger partial charge in [0.05, 0.1) is 13.7 Å². The van der Waals surface area contributed by atoms with Crippen molar-refractivity contribution < 1.29 is 19.1 Å². The number of nitrogens with two attached hydrogens (primary N) is 1. The maximum atomic E-state index is 11.8. The Hall–Kier alpha value is -2.48. The second kappa shape index (κ2) is 8.23. The van der Waals surface area contributed by atoms with Gasteiger partial charge < -0.3 is 20.1 Å². The van der Waals surface area contributed by atoms with Crippen molar-refractivity contribution in [2.45, 2.75) is 32.4 Å². The van der Waals surface area contributed by atoms with Gasteiger partial charge in [0.25, 0.3) is 5.91 Å². The molecule has 1 aromatic carbocycles. The highest BCUT2D eigenvalue weighted by molar-refractivity contribution is 5.85. The SMILES string of the molecule is COc1cccc(N[C@@H](CNC(=O)OC(C)(C)C)C(=O)NN)c1. The summed E-state index contributed by atoms with van der Waals surface area (Å²) in [6.07, 6.45) is -0.611. The van der Waals surface area contributed by atoms with Gasteiger partial charge in [0, 0.05) is 11.8 Å². The molecule has 5 N–H and O–H groups in total. The molecule has 0 aliphatic carbocycles. The number of hydrogen-bond donors (Lipinski definition) is 4. The lowest BCUT2D eigenvalue weighted by molar-refractivity contribution is -0.121. The fourth-order valence-corrected chi connectivity index (χ4v) is 1.72. The molecule has 0 aromatic heterocycles. The van der Waals surface area contributed by atoms with E-state index in [0.29, 0.717) is 11.4 Å². The van der Waals surface area contributed by atoms with Crippen LogP contribution in [0.25, 0.3) is 0 Å². The van der Waals surface area contributed by atoms with Crippen molar-refractivity contribution in [2.24, 2.45) is 5.84 Å². The Morgan fingerprint density at radius 1 is 1.30 bits per heavy atom. The number of benzene rings is 1. The summed E-state index contributed by atoms with van der Waals surface area (Å²) < 4.78 is 10.2. The molecule has 0 spiro atoms. The Kier molecular flexibility index (Phi) is 6.65. The van der Waals surface area contributed by atoms with Crippen LogP contribution >= 0.6 is 0 Å². The monoisotopic (exact) mass is 324 g/mol. The third kappa shape index (κ3) is 6.88. The summed E-state index contributed by atoms with van der Waals surface area (Å²) in [5.41, 5.74) is 2.10. The van der Waals surface area contributed by atoms with E-state index in [-0.39, 0.29) is 6.54 Å². The van der Waals surface area contributed by atoms with E-state index in [0.717, 1.165) is 0 Å². The number of methoxy groups -OCH3 is 1. The molecule has 0 bridgehead atoms. The lowest BCUT2D eigenvalue weighted by Crippen LogP contribution is -2.49. The van der Waals surface area contributed by atoms with Crippen LogP contribution in [0, 0.1) is 0 Å². The highest BCUT2D eigenvalue weighted by atomic mass is 16.6. The molecule has 0 aliphatic heterocycles. The van der Waals surface area contributed by atoms with Crippen LogP contribution < -0.4 is 26.6 Å². The van der Waals surface area contributed by atoms with E-state index in [4.69, 9.17) is 15.3 Å². The molecule has 128 valence electrons. The summed E-state index contributed by atoms with van der Waals surface area (Å²) in [5.74, 6) is 5.35. The number of hydrazine groups is 1. The summed E-state index contributed by atoms with van der Waals surface area (Å²) in [6, 6.07) is 6.29. The molecular weight excluding hydrogens is 300 g/mol. The molecule has 0 heterocycles. The van der Waals surface area contributed by atoms with Gasteiger partial charge in [-0.1, -0.05) is 6.07 Å². The van der Waals surface area contributed by atoms with Gasteiger partial charge >= 0.3 is 6.09 Å². The van der Waals surface area contributed by atoms with Crippen molar-refractivity contribution in [2.75, 3.05) is 19.0 Å². The zero-order valence-electron chi connectivity index (χ0n) is 13.8. The first kappa shape index (κ1) is 18.6. The lowest BCUT2D eigenvalue weighted by Gasteiger charge is -2.22. The maximum absolute atomic E-state index is 11.8. The Morgan fingerprint density at radius 2 is 2.00 bits per heavy atom. The van der Waals surface area contributed by atoms with E-state index in [9.17, 15) is 9.59 Å². The molecule has 0 fully saturated rings. The van der Waals surface area contributed by atoms with Gasteiger partial charge in [0.1, 0.15) is 17.4 Å². The quantitative estimate of drug-likeness (QED) is 0.352. The topological polar surface area (TPSA) is 115 Å². The minimum Gasteiger partial charge on any atom is -0.497 e. The van der Waals surface area contributed by atoms with Crippen LogP contribution in [0.1, 0.15) is 20.8 Å². The van der Waals surface area contributed by atoms with Crippen LogP contribution in [0.3, 0.4) is 0 Å². The summed E-state index contributed by atoms with van der Waals surface area (Å²) in [5, 5.41) is 5.51. The number of rotatable bonds is 6. The van der Waals surface area contributed by atoms with E-state index >= 15 is 0 Å². The molecule has 1 rings (SSSR count). The van der Waals surface area contributed by atoms with E-state index in [2.05, 4.69) is 16.1 Å². The molecule has 0 aliphatic rings. The molecule has 8 nitrogen and oxygen atoms in total. The third-order valence-corrected chi connectivity index (χ3v) is 2.72. The van der Waals surface area contributed by atoms with Crippen molar-refractivity contribution in [1.82, 2.24) is 10.7 Å². The standard InChI is InChI=1S/C15H24N4O4/c1-15(2,3)23-14(21)17-9-12(13(20)19-16)18-10-6-5-7-11(8-10)22-4/h5-8,12,18H,9,16H2,1-4H3,(H,17,21)(H,19,20)/t12-/m0/s1. The number of anilines is 1. The van der Waals surface area contributed by atoms with Gasteiger partial charge in [-0.15, -0.1) is 0 Å². The Bertz CT molecular complexity index is 543. The fraction of sp³-hybridized carbons (Fsp3) is 0.467. The van der Waals surface area contributed by atoms with Crippen LogP contribution in [0.4, 0.5) is 10.5 Å². The van der Waals surface area contributed by atoms with E-state index < -0.39 is 23.6 Å². The number of amides is 2. The Balaban J connectivity index is 2.69. The summed E-state index contributed by atoms with van der Waals surface area (Å²) in [4.78, 5) is 23.5. The van der Waals surface area contributed by atoms with Crippen LogP contribution in [0.5, 0.6) is 5.75 Å². The molecule has 0 saturated carbocycles. The molecule has 0 radical (unpaired) electrons. The highest BCUT2D eigenvalue weighted by Gasteiger charge is 2.21. The number of carbonyl (C=O) groups is 2. The summed E-state index contributed by atoms with van der Waals surface area (Å²) >= 11 is 0. The van der Waals surface area contributed by atoms with Crippen LogP contribution in [0.15, 0.2) is 24.3 Å². The van der Waals surface area contributed by atoms with Gasteiger partial charge in [-0.3, -0.25) is 10.2 Å². The third-order valence-electron chi connectivity index (χ3n) is 2.72. The lowest BCUT2D eigenvalue weighted by atomic mass is 10.2. The molecule has 0 saturated heterocycles. The van der Waals surface area contributed by atoms with Gasteiger partial charge in [-0.25, -0.2) is 10.6 Å². The first-order valence-electron chi connectivity index (χ1n) is 7.13. The van der Waals surface area contributed by atoms with Crippen molar-refractivity contribution in [3.63, 3.8) is 0 Å². The first-order valence-corrected chi connectivity index (χ1v) is 7.13. The maximum Gasteiger partial charge on any atom is 0.407 e. The van der Waals surface area contributed by atoms with Gasteiger partial charge in [-0.2, -0.15) is 0 Å². The van der Waals surface area contributed by atoms with Gasteiger partial charge in [0.15, 0.2) is 0 Å². The molecule has 2 amide bonds. The smallest absolute Gasteiger partial charge is 0.407 e. The van der Waals surface area contributed by atoms with Crippen LogP contribution in [0.2, 0.25) is 0 Å². The number of ether oxygens (including phenoxy) is 2. The highest BCUT2D eigenvalue weighted by Crippen LogP contribution is 2.17. The Morgan fingerprint density at radius 3 is 2.57 bits per heavy atom. The summed E-state index contributed by atoms with van der Waals surface area (Å²) in [7, 11) is 1.55. The van der Waals surface area contributed by atoms with Crippen LogP contribution in [-0.2, 0) is 9.53 Å². The zero-order valence-corrected chi connectivity index (χ0v) is 13.8. The van der Waals surface area contributed by atoms with Gasteiger partial charge in [-0.05, 0) is 32.9 Å². The summed E-state index contributed by atoms with van der Waals surface area (Å²) in [6.45, 7) is 5.27. The van der Waals surface area contributed by atoms with Crippen molar-refractivity contribution >= 4 is 17.7 Å². The normalized spacial score (nSPS) is 12.0. The largest absolute Gasteiger partial charge is 0.497 e. The number of carbonyl (C=O) groups excluding carboxylic acids is 2. The van der Waals surface area contributed by atoms with Crippen molar-refractivity contribution in [3.05, 3.63) is 24.3 Å². The molecule has 0 unspecified atom stereocenters. The Labute approximate surface area is 135 Å². The minimum absolute atomic E-state index is 0.00908. The second-order valence-electron chi connectivity index (χ2n) is 5.82. The average Bonchev–Trinajstić information content (AvgIpc) is 2.49. The molecule has 23 heavy (non-hydrogen) atoms. The molecular formula is C15H24N4O4. The van der Waals surface area contributed by atoms with Crippen molar-refractivity contribution in [3.8, 4) is 5.75 Å². The van der Waals surface area contributed by atoms with Crippen molar-refractivity contribution in [1.29, 1.82) is 0 Å². The zero-order chi connectivity index (χ0) is 17.5. The van der Waals surface area contributed by atoms with E-state index in [1.807, 2.05) is 0 Å². The molecule has 1 aromatic rings. The predicted molar refractivity (Wildman–Crippen MR) is 87.0 cm³/mol. The number of hydrogen-bond acceptors (Lipinski definition) is 6. The minimum atomic E-state index is -0.764. The van der Waals surface area contributed by atoms with Crippen LogP contribution in [-0.4, -0.2) is 37.3 Å². The van der Waals surface area contributed by atoms with E-state index in [1.54, 1.807) is 52.1 Å². The first-order chi connectivity index (χ1) is 10.7. The molecule has 8 heteroatoms. The fourth-order valence-electron chi connectivity index (χ4n) is 1.72. The van der Waals surface area contributed by atoms with Gasteiger partial charge in [0.2, 0.25) is 0 Å².